The third-order valence-corrected chi connectivity index (χ3v) is 6.57. The molecule has 2 aromatic carbocycles. The van der Waals surface area contributed by atoms with Crippen molar-refractivity contribution in [3.63, 3.8) is 0 Å². The number of hydrogen-bond donors (Lipinski definition) is 1. The fraction of sp³-hybridized carbons (Fsp3) is 0.250. The molecule has 1 saturated heterocycles. The number of halogens is 1. The Morgan fingerprint density at radius 2 is 1.70 bits per heavy atom. The van der Waals surface area contributed by atoms with Gasteiger partial charge in [-0.05, 0) is 49.6 Å². The summed E-state index contributed by atoms with van der Waals surface area (Å²) in [6, 6.07) is 17.7. The molecule has 1 N–H and O–H groups in total. The van der Waals surface area contributed by atoms with E-state index in [0.29, 0.717) is 29.1 Å². The van der Waals surface area contributed by atoms with E-state index in [0.717, 1.165) is 23.3 Å². The Bertz CT molecular complexity index is 1070. The lowest BCUT2D eigenvalue weighted by Crippen LogP contribution is -2.46. The second kappa shape index (κ2) is 8.79. The number of nitrogens with zero attached hydrogens (tertiary/aromatic N) is 1. The average molecular weight is 423 g/mol. The molecule has 0 spiro atoms. The molecule has 2 heterocycles. The van der Waals surface area contributed by atoms with Gasteiger partial charge in [0.05, 0.1) is 4.88 Å². The normalized spacial score (nSPS) is 14.5. The summed E-state index contributed by atoms with van der Waals surface area (Å²) in [5.74, 6) is -0.388. The first-order valence-corrected chi connectivity index (χ1v) is 10.8. The zero-order valence-corrected chi connectivity index (χ0v) is 17.5. The highest BCUT2D eigenvalue weighted by Crippen LogP contribution is 2.31. The summed E-state index contributed by atoms with van der Waals surface area (Å²) in [6.07, 6.45) is 1.43. The number of carbonyl (C=O) groups is 2. The van der Waals surface area contributed by atoms with E-state index in [1.54, 1.807) is 30.3 Å². The maximum absolute atomic E-state index is 14.0. The summed E-state index contributed by atoms with van der Waals surface area (Å²) in [5.41, 5.74) is 2.15. The van der Waals surface area contributed by atoms with Gasteiger partial charge in [0.1, 0.15) is 5.82 Å². The van der Waals surface area contributed by atoms with Crippen LogP contribution < -0.4 is 5.32 Å². The largest absolute Gasteiger partial charge is 0.349 e. The third-order valence-electron chi connectivity index (χ3n) is 5.46. The predicted octanol–water partition coefficient (Wildman–Crippen LogP) is 4.90. The number of hydrogen-bond acceptors (Lipinski definition) is 3. The minimum absolute atomic E-state index is 0.0359. The molecule has 2 amide bonds. The Labute approximate surface area is 179 Å². The van der Waals surface area contributed by atoms with Crippen LogP contribution in [0, 0.1) is 12.7 Å². The predicted molar refractivity (Wildman–Crippen MR) is 117 cm³/mol. The van der Waals surface area contributed by atoms with Crippen molar-refractivity contribution >= 4 is 23.2 Å². The molecule has 0 atom stereocenters. The molecular weight excluding hydrogens is 399 g/mol. The number of rotatable bonds is 4. The molecule has 30 heavy (non-hydrogen) atoms. The van der Waals surface area contributed by atoms with Crippen LogP contribution in [0.1, 0.15) is 38.4 Å². The van der Waals surface area contributed by atoms with Gasteiger partial charge in [0.25, 0.3) is 11.8 Å². The number of benzene rings is 2. The summed E-state index contributed by atoms with van der Waals surface area (Å²) in [5, 5.41) is 3.09. The summed E-state index contributed by atoms with van der Waals surface area (Å²) >= 11 is 1.31. The van der Waals surface area contributed by atoms with Gasteiger partial charge in [0, 0.05) is 35.1 Å². The third kappa shape index (κ3) is 4.28. The van der Waals surface area contributed by atoms with Gasteiger partial charge in [-0.1, -0.05) is 36.4 Å². The zero-order chi connectivity index (χ0) is 21.1. The maximum Gasteiger partial charge on any atom is 0.263 e. The van der Waals surface area contributed by atoms with Crippen LogP contribution in [0.3, 0.4) is 0 Å². The Balaban J connectivity index is 1.35. The van der Waals surface area contributed by atoms with Crippen molar-refractivity contribution in [2.24, 2.45) is 0 Å². The first kappa shape index (κ1) is 20.3. The smallest absolute Gasteiger partial charge is 0.263 e. The van der Waals surface area contributed by atoms with E-state index in [1.807, 2.05) is 36.1 Å². The van der Waals surface area contributed by atoms with Gasteiger partial charge in [-0.25, -0.2) is 4.39 Å². The topological polar surface area (TPSA) is 49.4 Å². The highest BCUT2D eigenvalue weighted by Gasteiger charge is 2.26. The number of nitrogens with one attached hydrogen (secondary N) is 1. The van der Waals surface area contributed by atoms with E-state index in [2.05, 4.69) is 5.32 Å². The van der Waals surface area contributed by atoms with E-state index in [9.17, 15) is 14.0 Å². The van der Waals surface area contributed by atoms with Gasteiger partial charge < -0.3 is 10.2 Å². The van der Waals surface area contributed by atoms with E-state index < -0.39 is 0 Å². The maximum atomic E-state index is 14.0. The first-order chi connectivity index (χ1) is 14.5. The lowest BCUT2D eigenvalue weighted by atomic mass is 10.0. The van der Waals surface area contributed by atoms with Gasteiger partial charge in [-0.15, -0.1) is 11.3 Å². The van der Waals surface area contributed by atoms with Crippen LogP contribution in [0.25, 0.3) is 10.4 Å². The number of thiophene rings is 1. The Kier molecular flexibility index (Phi) is 5.95. The molecule has 1 aliphatic heterocycles. The van der Waals surface area contributed by atoms with Gasteiger partial charge in [-0.3, -0.25) is 9.59 Å². The minimum Gasteiger partial charge on any atom is -0.349 e. The molecule has 0 radical (unpaired) electrons. The van der Waals surface area contributed by atoms with Crippen LogP contribution in [0.5, 0.6) is 0 Å². The van der Waals surface area contributed by atoms with Crippen molar-refractivity contribution in [1.82, 2.24) is 10.2 Å². The van der Waals surface area contributed by atoms with Crippen LogP contribution in [-0.4, -0.2) is 35.8 Å². The Morgan fingerprint density at radius 1 is 1.00 bits per heavy atom. The molecule has 3 aromatic rings. The van der Waals surface area contributed by atoms with E-state index in [-0.39, 0.29) is 23.7 Å². The Morgan fingerprint density at radius 3 is 2.43 bits per heavy atom. The number of piperidine rings is 1. The molecule has 4 rings (SSSR count). The van der Waals surface area contributed by atoms with Gasteiger partial charge in [-0.2, -0.15) is 0 Å². The van der Waals surface area contributed by atoms with E-state index in [4.69, 9.17) is 0 Å². The quantitative estimate of drug-likeness (QED) is 0.650. The second-order valence-corrected chi connectivity index (χ2v) is 8.58. The van der Waals surface area contributed by atoms with E-state index >= 15 is 0 Å². The molecule has 4 nitrogen and oxygen atoms in total. The van der Waals surface area contributed by atoms with Crippen LogP contribution >= 0.6 is 11.3 Å². The fourth-order valence-electron chi connectivity index (χ4n) is 3.73. The molecule has 0 bridgehead atoms. The van der Waals surface area contributed by atoms with Crippen molar-refractivity contribution < 1.29 is 14.0 Å². The lowest BCUT2D eigenvalue weighted by Gasteiger charge is -2.32. The van der Waals surface area contributed by atoms with Crippen LogP contribution in [0.4, 0.5) is 4.39 Å². The summed E-state index contributed by atoms with van der Waals surface area (Å²) in [6.45, 7) is 3.10. The number of amides is 2. The van der Waals surface area contributed by atoms with Gasteiger partial charge >= 0.3 is 0 Å². The fourth-order valence-corrected chi connectivity index (χ4v) is 4.73. The van der Waals surface area contributed by atoms with Crippen molar-refractivity contribution in [3.8, 4) is 10.4 Å². The van der Waals surface area contributed by atoms with Crippen molar-refractivity contribution in [3.05, 3.63) is 82.5 Å². The molecule has 0 aliphatic carbocycles. The number of carbonyl (C=O) groups excluding carboxylic acids is 2. The number of likely N-dealkylation sites (tertiary alicyclic amines) is 1. The van der Waals surface area contributed by atoms with Crippen molar-refractivity contribution in [1.29, 1.82) is 0 Å². The number of aryl methyl sites for hydroxylation is 1. The average Bonchev–Trinajstić information content (AvgIpc) is 3.24. The van der Waals surface area contributed by atoms with Gasteiger partial charge in [0.15, 0.2) is 0 Å². The summed E-state index contributed by atoms with van der Waals surface area (Å²) in [4.78, 5) is 28.6. The van der Waals surface area contributed by atoms with Crippen molar-refractivity contribution in [2.45, 2.75) is 25.8 Å². The van der Waals surface area contributed by atoms with Crippen LogP contribution in [0.2, 0.25) is 0 Å². The molecule has 1 aromatic heterocycles. The van der Waals surface area contributed by atoms with Crippen LogP contribution in [0.15, 0.2) is 60.7 Å². The van der Waals surface area contributed by atoms with Gasteiger partial charge in [0.2, 0.25) is 0 Å². The second-order valence-electron chi connectivity index (χ2n) is 7.50. The highest BCUT2D eigenvalue weighted by molar-refractivity contribution is 7.17. The molecule has 6 heteroatoms. The monoisotopic (exact) mass is 422 g/mol. The zero-order valence-electron chi connectivity index (χ0n) is 16.7. The minimum atomic E-state index is -0.288. The van der Waals surface area contributed by atoms with E-state index in [1.165, 1.54) is 17.4 Å². The highest BCUT2D eigenvalue weighted by atomic mass is 32.1. The molecule has 1 aliphatic rings. The Hall–Kier alpha value is -2.99. The standard InChI is InChI=1S/C24H23FN2O2S/c1-16-6-2-3-7-18(16)23(28)26-17-12-14-27(15-13-17)24(29)22-11-10-21(30-22)19-8-4-5-9-20(19)25/h2-11,17H,12-15H2,1H3,(H,26,28). The molecular formula is C24H23FN2O2S. The molecule has 154 valence electrons. The molecule has 0 unspecified atom stereocenters. The lowest BCUT2D eigenvalue weighted by molar-refractivity contribution is 0.0702. The summed E-state index contributed by atoms with van der Waals surface area (Å²) in [7, 11) is 0. The SMILES string of the molecule is Cc1ccccc1C(=O)NC1CCN(C(=O)c2ccc(-c3ccccc3F)s2)CC1. The first-order valence-electron chi connectivity index (χ1n) is 10.0. The van der Waals surface area contributed by atoms with Crippen molar-refractivity contribution in [2.75, 3.05) is 13.1 Å². The molecule has 1 fully saturated rings. The van der Waals surface area contributed by atoms with Crippen LogP contribution in [-0.2, 0) is 0 Å². The molecule has 0 saturated carbocycles. The summed E-state index contributed by atoms with van der Waals surface area (Å²) < 4.78 is 14.0.